The summed E-state index contributed by atoms with van der Waals surface area (Å²) < 4.78 is 28.4. The SMILES string of the molecule is Cc1nn(Cc2ccccc2Cl)c(C)c1NC(=O)Nc1ccc(F)cc1F. The van der Waals surface area contributed by atoms with E-state index in [1.54, 1.807) is 17.7 Å². The van der Waals surface area contributed by atoms with E-state index in [4.69, 9.17) is 11.6 Å². The van der Waals surface area contributed by atoms with Crippen molar-refractivity contribution in [2.45, 2.75) is 20.4 Å². The Morgan fingerprint density at radius 2 is 1.89 bits per heavy atom. The van der Waals surface area contributed by atoms with E-state index in [2.05, 4.69) is 15.7 Å². The van der Waals surface area contributed by atoms with Crippen LogP contribution in [0.1, 0.15) is 17.0 Å². The van der Waals surface area contributed by atoms with Crippen molar-refractivity contribution in [2.24, 2.45) is 0 Å². The zero-order chi connectivity index (χ0) is 19.6. The number of aromatic nitrogens is 2. The Hall–Kier alpha value is -2.93. The summed E-state index contributed by atoms with van der Waals surface area (Å²) in [5.74, 6) is -1.57. The number of hydrogen-bond donors (Lipinski definition) is 2. The molecule has 0 spiro atoms. The molecule has 5 nitrogen and oxygen atoms in total. The van der Waals surface area contributed by atoms with Crippen molar-refractivity contribution < 1.29 is 13.6 Å². The Bertz CT molecular complexity index is 1000. The average Bonchev–Trinajstić information content (AvgIpc) is 2.87. The van der Waals surface area contributed by atoms with E-state index in [0.29, 0.717) is 29.0 Å². The van der Waals surface area contributed by atoms with Crippen molar-refractivity contribution in [1.29, 1.82) is 0 Å². The van der Waals surface area contributed by atoms with Crippen LogP contribution < -0.4 is 10.6 Å². The van der Waals surface area contributed by atoms with Crippen LogP contribution >= 0.6 is 11.6 Å². The highest BCUT2D eigenvalue weighted by molar-refractivity contribution is 6.31. The zero-order valence-corrected chi connectivity index (χ0v) is 15.4. The number of nitrogens with zero attached hydrogens (tertiary/aromatic N) is 2. The molecule has 140 valence electrons. The number of amides is 2. The van der Waals surface area contributed by atoms with Crippen LogP contribution in [0.15, 0.2) is 42.5 Å². The van der Waals surface area contributed by atoms with Gasteiger partial charge in [0.15, 0.2) is 0 Å². The van der Waals surface area contributed by atoms with Crippen LogP contribution in [0.25, 0.3) is 0 Å². The summed E-state index contributed by atoms with van der Waals surface area (Å²) in [6.45, 7) is 4.01. The molecule has 0 saturated carbocycles. The molecule has 1 heterocycles. The molecular formula is C19H17ClF2N4O. The first-order valence-electron chi connectivity index (χ1n) is 8.15. The second-order valence-electron chi connectivity index (χ2n) is 6.00. The van der Waals surface area contributed by atoms with E-state index in [9.17, 15) is 13.6 Å². The first-order chi connectivity index (χ1) is 12.8. The minimum Gasteiger partial charge on any atom is -0.305 e. The molecule has 0 fully saturated rings. The Balaban J connectivity index is 1.76. The molecule has 0 bridgehead atoms. The van der Waals surface area contributed by atoms with Crippen molar-refractivity contribution in [1.82, 2.24) is 9.78 Å². The second kappa shape index (κ2) is 7.75. The Kier molecular flexibility index (Phi) is 5.41. The molecule has 1 aromatic heterocycles. The number of halogens is 3. The van der Waals surface area contributed by atoms with Crippen LogP contribution in [0.5, 0.6) is 0 Å². The lowest BCUT2D eigenvalue weighted by Crippen LogP contribution is -2.21. The van der Waals surface area contributed by atoms with Gasteiger partial charge in [-0.1, -0.05) is 29.8 Å². The topological polar surface area (TPSA) is 59.0 Å². The Morgan fingerprint density at radius 3 is 2.59 bits per heavy atom. The highest BCUT2D eigenvalue weighted by Gasteiger charge is 2.16. The minimum atomic E-state index is -0.854. The van der Waals surface area contributed by atoms with Crippen LogP contribution in [-0.2, 0) is 6.54 Å². The van der Waals surface area contributed by atoms with Crippen molar-refractivity contribution in [3.8, 4) is 0 Å². The van der Waals surface area contributed by atoms with E-state index >= 15 is 0 Å². The molecule has 0 aliphatic heterocycles. The number of benzene rings is 2. The number of nitrogens with one attached hydrogen (secondary N) is 2. The van der Waals surface area contributed by atoms with Gasteiger partial charge in [-0.3, -0.25) is 4.68 Å². The number of anilines is 2. The third-order valence-electron chi connectivity index (χ3n) is 4.08. The number of urea groups is 1. The lowest BCUT2D eigenvalue weighted by molar-refractivity contribution is 0.262. The fourth-order valence-electron chi connectivity index (χ4n) is 2.68. The average molecular weight is 391 g/mol. The quantitative estimate of drug-likeness (QED) is 0.649. The molecular weight excluding hydrogens is 374 g/mol. The number of carbonyl (C=O) groups is 1. The van der Waals surface area contributed by atoms with Gasteiger partial charge in [0.05, 0.1) is 29.3 Å². The zero-order valence-electron chi connectivity index (χ0n) is 14.7. The molecule has 3 rings (SSSR count). The monoisotopic (exact) mass is 390 g/mol. The van der Waals surface area contributed by atoms with Crippen LogP contribution in [-0.4, -0.2) is 15.8 Å². The summed E-state index contributed by atoms with van der Waals surface area (Å²) in [6.07, 6.45) is 0. The maximum absolute atomic E-state index is 13.7. The fraction of sp³-hybridized carbons (Fsp3) is 0.158. The smallest absolute Gasteiger partial charge is 0.305 e. The van der Waals surface area contributed by atoms with Crippen LogP contribution in [0.2, 0.25) is 5.02 Å². The molecule has 27 heavy (non-hydrogen) atoms. The van der Waals surface area contributed by atoms with Gasteiger partial charge in [-0.05, 0) is 37.6 Å². The predicted molar refractivity (Wildman–Crippen MR) is 101 cm³/mol. The summed E-state index contributed by atoms with van der Waals surface area (Å²) in [6, 6.07) is 9.71. The summed E-state index contributed by atoms with van der Waals surface area (Å²) in [5.41, 5.74) is 2.63. The summed E-state index contributed by atoms with van der Waals surface area (Å²) in [4.78, 5) is 12.2. The first-order valence-corrected chi connectivity index (χ1v) is 8.53. The van der Waals surface area contributed by atoms with Crippen molar-refractivity contribution >= 4 is 29.0 Å². The summed E-state index contributed by atoms with van der Waals surface area (Å²) in [7, 11) is 0. The van der Waals surface area contributed by atoms with Gasteiger partial charge in [0.25, 0.3) is 0 Å². The number of carbonyl (C=O) groups excluding carboxylic acids is 1. The largest absolute Gasteiger partial charge is 0.323 e. The highest BCUT2D eigenvalue weighted by Crippen LogP contribution is 2.23. The fourth-order valence-corrected chi connectivity index (χ4v) is 2.87. The van der Waals surface area contributed by atoms with Gasteiger partial charge in [-0.25, -0.2) is 13.6 Å². The van der Waals surface area contributed by atoms with Crippen molar-refractivity contribution in [3.63, 3.8) is 0 Å². The normalized spacial score (nSPS) is 10.7. The highest BCUT2D eigenvalue weighted by atomic mass is 35.5. The molecule has 2 aromatic carbocycles. The minimum absolute atomic E-state index is 0.118. The van der Waals surface area contributed by atoms with Gasteiger partial charge in [0.1, 0.15) is 11.6 Å². The van der Waals surface area contributed by atoms with Gasteiger partial charge >= 0.3 is 6.03 Å². The van der Waals surface area contributed by atoms with E-state index in [1.165, 1.54) is 0 Å². The van der Waals surface area contributed by atoms with Crippen LogP contribution in [0, 0.1) is 25.5 Å². The van der Waals surface area contributed by atoms with Gasteiger partial charge in [-0.2, -0.15) is 5.10 Å². The van der Waals surface area contributed by atoms with E-state index in [-0.39, 0.29) is 5.69 Å². The molecule has 0 atom stereocenters. The van der Waals surface area contributed by atoms with Crippen molar-refractivity contribution in [3.05, 3.63) is 76.1 Å². The van der Waals surface area contributed by atoms with Gasteiger partial charge in [-0.15, -0.1) is 0 Å². The number of hydrogen-bond acceptors (Lipinski definition) is 2. The van der Waals surface area contributed by atoms with Crippen LogP contribution in [0.4, 0.5) is 25.0 Å². The predicted octanol–water partition coefficient (Wildman–Crippen LogP) is 5.12. The summed E-state index contributed by atoms with van der Waals surface area (Å²) in [5, 5.41) is 10.1. The molecule has 2 N–H and O–H groups in total. The third kappa shape index (κ3) is 4.25. The maximum Gasteiger partial charge on any atom is 0.323 e. The number of aryl methyl sites for hydroxylation is 1. The van der Waals surface area contributed by atoms with E-state index in [0.717, 1.165) is 23.4 Å². The molecule has 0 aliphatic carbocycles. The molecule has 0 saturated heterocycles. The molecule has 0 radical (unpaired) electrons. The molecule has 0 unspecified atom stereocenters. The van der Waals surface area contributed by atoms with Gasteiger partial charge < -0.3 is 10.6 Å². The first kappa shape index (κ1) is 18.8. The maximum atomic E-state index is 13.7. The van der Waals surface area contributed by atoms with E-state index < -0.39 is 17.7 Å². The lowest BCUT2D eigenvalue weighted by Gasteiger charge is -2.10. The Labute approximate surface area is 160 Å². The Morgan fingerprint density at radius 1 is 1.15 bits per heavy atom. The third-order valence-corrected chi connectivity index (χ3v) is 4.45. The standard InChI is InChI=1S/C19H17ClF2N4O/c1-11-18(24-19(27)23-17-8-7-14(21)9-16(17)22)12(2)26(25-11)10-13-5-3-4-6-15(13)20/h3-9H,10H2,1-2H3,(H2,23,24,27). The molecule has 2 amide bonds. The van der Waals surface area contributed by atoms with Gasteiger partial charge in [0.2, 0.25) is 0 Å². The molecule has 8 heteroatoms. The van der Waals surface area contributed by atoms with E-state index in [1.807, 2.05) is 25.1 Å². The van der Waals surface area contributed by atoms with Gasteiger partial charge in [0, 0.05) is 11.1 Å². The van der Waals surface area contributed by atoms with Crippen molar-refractivity contribution in [2.75, 3.05) is 10.6 Å². The lowest BCUT2D eigenvalue weighted by atomic mass is 10.2. The van der Waals surface area contributed by atoms with Crippen LogP contribution in [0.3, 0.4) is 0 Å². The molecule has 0 aliphatic rings. The number of rotatable bonds is 4. The molecule has 3 aromatic rings. The summed E-state index contributed by atoms with van der Waals surface area (Å²) >= 11 is 6.19. The second-order valence-corrected chi connectivity index (χ2v) is 6.41.